The van der Waals surface area contributed by atoms with Crippen molar-refractivity contribution in [1.82, 2.24) is 9.80 Å². The fourth-order valence-electron chi connectivity index (χ4n) is 2.21. The second-order valence-electron chi connectivity index (χ2n) is 5.17. The number of carbonyl (C=O) groups excluding carboxylic acids is 1. The molecule has 0 spiro atoms. The van der Waals surface area contributed by atoms with Gasteiger partial charge in [0.2, 0.25) is 0 Å². The number of rotatable bonds is 6. The van der Waals surface area contributed by atoms with Crippen LogP contribution >= 0.6 is 0 Å². The highest BCUT2D eigenvalue weighted by Crippen LogP contribution is 2.10. The van der Waals surface area contributed by atoms with Gasteiger partial charge in [-0.1, -0.05) is 37.6 Å². The Morgan fingerprint density at radius 2 is 1.95 bits per heavy atom. The van der Waals surface area contributed by atoms with Gasteiger partial charge in [-0.15, -0.1) is 0 Å². The van der Waals surface area contributed by atoms with Crippen LogP contribution < -0.4 is 0 Å². The molecule has 19 heavy (non-hydrogen) atoms. The highest BCUT2D eigenvalue weighted by molar-refractivity contribution is 5.97. The number of benzene rings is 1. The smallest absolute Gasteiger partial charge is 0.182 e. The van der Waals surface area contributed by atoms with Crippen molar-refractivity contribution in [2.45, 2.75) is 26.2 Å². The molecule has 1 aromatic carbocycles. The number of aryl methyl sites for hydroxylation is 1. The van der Waals surface area contributed by atoms with Gasteiger partial charge in [-0.05, 0) is 18.4 Å². The molecule has 1 heterocycles. The maximum absolute atomic E-state index is 12.1. The Bertz CT molecular complexity index is 450. The molecule has 1 aliphatic heterocycles. The van der Waals surface area contributed by atoms with Crippen molar-refractivity contribution in [2.75, 3.05) is 20.3 Å². The van der Waals surface area contributed by atoms with Gasteiger partial charge in [-0.25, -0.2) is 0 Å². The molecule has 0 bridgehead atoms. The van der Waals surface area contributed by atoms with Gasteiger partial charge in [0, 0.05) is 25.0 Å². The van der Waals surface area contributed by atoms with E-state index in [0.29, 0.717) is 6.54 Å². The normalized spacial score (nSPS) is 14.2. The molecular weight excluding hydrogens is 236 g/mol. The summed E-state index contributed by atoms with van der Waals surface area (Å²) in [4.78, 5) is 16.2. The second kappa shape index (κ2) is 6.41. The van der Waals surface area contributed by atoms with Gasteiger partial charge in [-0.2, -0.15) is 0 Å². The summed E-state index contributed by atoms with van der Waals surface area (Å²) in [5, 5.41) is 0. The lowest BCUT2D eigenvalue weighted by Gasteiger charge is -2.17. The molecule has 0 aliphatic carbocycles. The van der Waals surface area contributed by atoms with E-state index in [1.165, 1.54) is 18.4 Å². The number of nitrogens with zero attached hydrogens (tertiary/aromatic N) is 2. The van der Waals surface area contributed by atoms with Gasteiger partial charge in [0.1, 0.15) is 0 Å². The van der Waals surface area contributed by atoms with Crippen molar-refractivity contribution in [3.63, 3.8) is 0 Å². The van der Waals surface area contributed by atoms with Crippen molar-refractivity contribution >= 4 is 5.78 Å². The molecule has 0 saturated heterocycles. The lowest BCUT2D eigenvalue weighted by molar-refractivity contribution is 0.0948. The Morgan fingerprint density at radius 3 is 2.53 bits per heavy atom. The number of unbranched alkanes of at least 4 members (excludes halogenated alkanes) is 1. The standard InChI is InChI=1S/C16H22N2O/c1-3-4-5-14-6-8-15(9-7-14)16(19)12-18-11-10-17(2)13-18/h6-11H,3-5,12-13H2,1-2H3. The Morgan fingerprint density at radius 1 is 1.21 bits per heavy atom. The highest BCUT2D eigenvalue weighted by atomic mass is 16.1. The minimum Gasteiger partial charge on any atom is -0.362 e. The Balaban J connectivity index is 1.90. The Labute approximate surface area is 115 Å². The fraction of sp³-hybridized carbons (Fsp3) is 0.438. The lowest BCUT2D eigenvalue weighted by Crippen LogP contribution is -2.28. The number of carbonyl (C=O) groups is 1. The SMILES string of the molecule is CCCCc1ccc(C(=O)CN2C=CN(C)C2)cc1. The Kier molecular flexibility index (Phi) is 4.61. The summed E-state index contributed by atoms with van der Waals surface area (Å²) in [5.74, 6) is 0.182. The largest absolute Gasteiger partial charge is 0.362 e. The van der Waals surface area contributed by atoms with E-state index < -0.39 is 0 Å². The molecule has 102 valence electrons. The van der Waals surface area contributed by atoms with Gasteiger partial charge in [0.25, 0.3) is 0 Å². The van der Waals surface area contributed by atoms with Gasteiger partial charge in [0.05, 0.1) is 13.2 Å². The minimum atomic E-state index is 0.182. The zero-order valence-corrected chi connectivity index (χ0v) is 11.8. The van der Waals surface area contributed by atoms with E-state index in [1.54, 1.807) is 0 Å². The molecule has 0 saturated carbocycles. The van der Waals surface area contributed by atoms with Crippen molar-refractivity contribution in [3.05, 3.63) is 47.8 Å². The molecule has 2 rings (SSSR count). The predicted octanol–water partition coefficient (Wildman–Crippen LogP) is 2.89. The first kappa shape index (κ1) is 13.7. The topological polar surface area (TPSA) is 23.6 Å². The first-order valence-corrected chi connectivity index (χ1v) is 6.94. The molecule has 0 N–H and O–H groups in total. The molecule has 1 aromatic rings. The third-order valence-electron chi connectivity index (χ3n) is 3.38. The highest BCUT2D eigenvalue weighted by Gasteiger charge is 2.13. The van der Waals surface area contributed by atoms with Crippen molar-refractivity contribution in [1.29, 1.82) is 0 Å². The van der Waals surface area contributed by atoms with Crippen molar-refractivity contribution in [2.24, 2.45) is 0 Å². The zero-order valence-electron chi connectivity index (χ0n) is 11.8. The summed E-state index contributed by atoms with van der Waals surface area (Å²) >= 11 is 0. The van der Waals surface area contributed by atoms with Gasteiger partial charge >= 0.3 is 0 Å². The van der Waals surface area contributed by atoms with E-state index in [2.05, 4.69) is 24.0 Å². The summed E-state index contributed by atoms with van der Waals surface area (Å²) in [5.41, 5.74) is 2.13. The average Bonchev–Trinajstić information content (AvgIpc) is 2.82. The average molecular weight is 258 g/mol. The molecule has 0 radical (unpaired) electrons. The molecule has 3 heteroatoms. The van der Waals surface area contributed by atoms with E-state index in [0.717, 1.165) is 18.7 Å². The van der Waals surface area contributed by atoms with Crippen molar-refractivity contribution in [3.8, 4) is 0 Å². The van der Waals surface area contributed by atoms with Crippen LogP contribution in [0.15, 0.2) is 36.7 Å². The van der Waals surface area contributed by atoms with Crippen LogP contribution in [-0.2, 0) is 6.42 Å². The molecule has 0 aromatic heterocycles. The van der Waals surface area contributed by atoms with Crippen LogP contribution in [0.1, 0.15) is 35.7 Å². The van der Waals surface area contributed by atoms with E-state index >= 15 is 0 Å². The summed E-state index contributed by atoms with van der Waals surface area (Å²) in [6, 6.07) is 8.07. The quantitative estimate of drug-likeness (QED) is 0.733. The van der Waals surface area contributed by atoms with Crippen molar-refractivity contribution < 1.29 is 4.79 Å². The molecule has 0 fully saturated rings. The molecule has 0 unspecified atom stereocenters. The van der Waals surface area contributed by atoms with E-state index in [9.17, 15) is 4.79 Å². The van der Waals surface area contributed by atoms with Crippen LogP contribution in [0, 0.1) is 0 Å². The monoisotopic (exact) mass is 258 g/mol. The van der Waals surface area contributed by atoms with E-state index in [4.69, 9.17) is 0 Å². The third-order valence-corrected chi connectivity index (χ3v) is 3.38. The lowest BCUT2D eigenvalue weighted by atomic mass is 10.0. The van der Waals surface area contributed by atoms with E-state index in [1.807, 2.05) is 36.5 Å². The van der Waals surface area contributed by atoms with Gasteiger partial charge in [-0.3, -0.25) is 4.79 Å². The number of ketones is 1. The molecule has 1 aliphatic rings. The molecule has 0 amide bonds. The Hall–Kier alpha value is -1.77. The summed E-state index contributed by atoms with van der Waals surface area (Å²) in [6.07, 6.45) is 7.47. The van der Waals surface area contributed by atoms with Gasteiger partial charge < -0.3 is 9.80 Å². The van der Waals surface area contributed by atoms with Crippen LogP contribution in [-0.4, -0.2) is 35.8 Å². The maximum atomic E-state index is 12.1. The first-order chi connectivity index (χ1) is 9.19. The zero-order chi connectivity index (χ0) is 13.7. The number of hydrogen-bond acceptors (Lipinski definition) is 3. The van der Waals surface area contributed by atoms with E-state index in [-0.39, 0.29) is 5.78 Å². The third kappa shape index (κ3) is 3.85. The molecule has 0 atom stereocenters. The van der Waals surface area contributed by atoms with Crippen LogP contribution in [0.25, 0.3) is 0 Å². The summed E-state index contributed by atoms with van der Waals surface area (Å²) < 4.78 is 0. The maximum Gasteiger partial charge on any atom is 0.182 e. The molecule has 3 nitrogen and oxygen atoms in total. The van der Waals surface area contributed by atoms with Crippen LogP contribution in [0.5, 0.6) is 0 Å². The number of Topliss-reactive ketones (excluding diaryl/α,β-unsaturated/α-hetero) is 1. The molecular formula is C16H22N2O. The van der Waals surface area contributed by atoms with Crippen LogP contribution in [0.3, 0.4) is 0 Å². The second-order valence-corrected chi connectivity index (χ2v) is 5.17. The fourth-order valence-corrected chi connectivity index (χ4v) is 2.21. The van der Waals surface area contributed by atoms with Gasteiger partial charge in [0.15, 0.2) is 5.78 Å². The summed E-state index contributed by atoms with van der Waals surface area (Å²) in [6.45, 7) is 3.44. The van der Waals surface area contributed by atoms with Crippen LogP contribution in [0.2, 0.25) is 0 Å². The first-order valence-electron chi connectivity index (χ1n) is 6.94. The predicted molar refractivity (Wildman–Crippen MR) is 77.9 cm³/mol. The minimum absolute atomic E-state index is 0.182. The van der Waals surface area contributed by atoms with Crippen LogP contribution in [0.4, 0.5) is 0 Å². The number of hydrogen-bond donors (Lipinski definition) is 0. The summed E-state index contributed by atoms with van der Waals surface area (Å²) in [7, 11) is 2.00.